The maximum atomic E-state index is 12.2. The molecule has 164 valence electrons. The molecule has 0 N–H and O–H groups in total. The second kappa shape index (κ2) is 13.2. The Hall–Kier alpha value is -1.12. The lowest BCUT2D eigenvalue weighted by molar-refractivity contribution is -0.274. The number of hydrogen-bond donors (Lipinski definition) is 0. The normalized spacial score (nSPS) is 16.3. The number of rotatable bonds is 8. The Labute approximate surface area is 183 Å². The molecule has 2 radical (unpaired) electrons. The maximum absolute atomic E-state index is 12.2. The third-order valence-electron chi connectivity index (χ3n) is 5.05. The van der Waals surface area contributed by atoms with Gasteiger partial charge in [-0.1, -0.05) is 31.9 Å². The zero-order valence-electron chi connectivity index (χ0n) is 16.3. The van der Waals surface area contributed by atoms with E-state index in [1.165, 1.54) is 12.1 Å². The van der Waals surface area contributed by atoms with Crippen molar-refractivity contribution in [3.8, 4) is 5.75 Å². The van der Waals surface area contributed by atoms with E-state index in [0.717, 1.165) is 50.8 Å². The van der Waals surface area contributed by atoms with Gasteiger partial charge in [-0.15, -0.1) is 38.0 Å². The van der Waals surface area contributed by atoms with E-state index >= 15 is 0 Å². The summed E-state index contributed by atoms with van der Waals surface area (Å²) >= 11 is 0. The molecular formula is C19H27BCl2F3NO3. The maximum Gasteiger partial charge on any atom is 0.573 e. The smallest absolute Gasteiger partial charge is 0.543 e. The topological polar surface area (TPSA) is 38.8 Å². The first-order valence-corrected chi connectivity index (χ1v) is 9.30. The van der Waals surface area contributed by atoms with E-state index < -0.39 is 6.36 Å². The van der Waals surface area contributed by atoms with E-state index in [2.05, 4.69) is 21.2 Å². The number of nitrogens with zero attached hydrogens (tertiary/aromatic N) is 1. The summed E-state index contributed by atoms with van der Waals surface area (Å²) in [5.74, 6) is -0.450. The van der Waals surface area contributed by atoms with Crippen LogP contribution in [0.2, 0.25) is 0 Å². The summed E-state index contributed by atoms with van der Waals surface area (Å²) in [6.45, 7) is 4.39. The summed E-state index contributed by atoms with van der Waals surface area (Å²) in [6.07, 6.45) is -0.161. The molecule has 0 aromatic heterocycles. The molecule has 1 atom stereocenters. The molecule has 29 heavy (non-hydrogen) atoms. The fourth-order valence-electron chi connectivity index (χ4n) is 3.63. The summed E-state index contributed by atoms with van der Waals surface area (Å²) in [7, 11) is 5.09. The Morgan fingerprint density at radius 2 is 1.79 bits per heavy atom. The van der Waals surface area contributed by atoms with Gasteiger partial charge in [0.05, 0.1) is 5.92 Å². The van der Waals surface area contributed by atoms with E-state index in [0.29, 0.717) is 6.54 Å². The van der Waals surface area contributed by atoms with Crippen LogP contribution in [0.1, 0.15) is 44.6 Å². The molecule has 1 aromatic carbocycles. The highest BCUT2D eigenvalue weighted by Crippen LogP contribution is 2.30. The molecular weight excluding hydrogens is 429 g/mol. The molecule has 0 amide bonds. The number of unbranched alkanes of at least 4 members (excludes halogenated alkanes) is 1. The van der Waals surface area contributed by atoms with Crippen LogP contribution in [0.25, 0.3) is 0 Å². The third-order valence-corrected chi connectivity index (χ3v) is 5.05. The number of alkyl halides is 3. The first-order chi connectivity index (χ1) is 12.8. The summed E-state index contributed by atoms with van der Waals surface area (Å²) in [5, 5.41) is 0. The van der Waals surface area contributed by atoms with Crippen molar-refractivity contribution in [2.24, 2.45) is 11.8 Å². The largest absolute Gasteiger partial charge is 0.573 e. The van der Waals surface area contributed by atoms with Crippen molar-refractivity contribution in [3.63, 3.8) is 0 Å². The molecule has 0 bridgehead atoms. The van der Waals surface area contributed by atoms with E-state index in [1.54, 1.807) is 12.1 Å². The molecule has 1 unspecified atom stereocenters. The van der Waals surface area contributed by atoms with Crippen LogP contribution in [0.5, 0.6) is 5.75 Å². The van der Waals surface area contributed by atoms with Crippen LogP contribution in [0.15, 0.2) is 24.3 Å². The number of halogens is 5. The molecule has 1 aliphatic rings. The summed E-state index contributed by atoms with van der Waals surface area (Å²) in [5.41, 5.74) is 0.923. The van der Waals surface area contributed by atoms with Crippen LogP contribution < -0.4 is 4.74 Å². The lowest BCUT2D eigenvalue weighted by atomic mass is 9.81. The minimum Gasteiger partial charge on any atom is -0.543 e. The predicted octanol–water partition coefficient (Wildman–Crippen LogP) is 5.07. The minimum atomic E-state index is -4.68. The molecule has 1 heterocycles. The van der Waals surface area contributed by atoms with Gasteiger partial charge < -0.3 is 9.39 Å². The number of carbonyl (C=O) groups is 1. The van der Waals surface area contributed by atoms with Crippen molar-refractivity contribution >= 4 is 38.8 Å². The van der Waals surface area contributed by atoms with Gasteiger partial charge >= 0.3 is 14.4 Å². The van der Waals surface area contributed by atoms with Gasteiger partial charge in [-0.25, -0.2) is 0 Å². The van der Waals surface area contributed by atoms with Crippen LogP contribution in [0.4, 0.5) is 13.2 Å². The second-order valence-electron chi connectivity index (χ2n) is 6.99. The Kier molecular flexibility index (Phi) is 12.7. The zero-order valence-corrected chi connectivity index (χ0v) is 18.0. The van der Waals surface area contributed by atoms with Crippen molar-refractivity contribution in [1.29, 1.82) is 0 Å². The molecule has 0 spiro atoms. The molecule has 0 aliphatic carbocycles. The van der Waals surface area contributed by atoms with Crippen LogP contribution >= 0.6 is 24.8 Å². The number of hydrogen-bond acceptors (Lipinski definition) is 4. The van der Waals surface area contributed by atoms with Gasteiger partial charge in [-0.05, 0) is 56.0 Å². The summed E-state index contributed by atoms with van der Waals surface area (Å²) < 4.78 is 45.0. The van der Waals surface area contributed by atoms with Crippen molar-refractivity contribution in [2.45, 2.75) is 51.9 Å². The van der Waals surface area contributed by atoms with Crippen molar-refractivity contribution in [2.75, 3.05) is 13.1 Å². The first kappa shape index (κ1) is 27.9. The zero-order chi connectivity index (χ0) is 19.9. The van der Waals surface area contributed by atoms with Gasteiger partial charge in [0.15, 0.2) is 0 Å². The molecule has 10 heteroatoms. The molecule has 1 aliphatic heterocycles. The Morgan fingerprint density at radius 1 is 1.21 bits per heavy atom. The van der Waals surface area contributed by atoms with Crippen LogP contribution in [0.3, 0.4) is 0 Å². The number of piperidine rings is 1. The monoisotopic (exact) mass is 455 g/mol. The van der Waals surface area contributed by atoms with Crippen molar-refractivity contribution in [1.82, 2.24) is 4.90 Å². The molecule has 1 fully saturated rings. The van der Waals surface area contributed by atoms with Crippen LogP contribution in [-0.2, 0) is 16.0 Å². The van der Waals surface area contributed by atoms with Gasteiger partial charge in [0, 0.05) is 6.54 Å². The number of carbonyl (C=O) groups excluding carboxylic acids is 1. The van der Waals surface area contributed by atoms with Crippen LogP contribution in [-0.4, -0.2) is 38.4 Å². The fraction of sp³-hybridized carbons (Fsp3) is 0.632. The van der Waals surface area contributed by atoms with Crippen LogP contribution in [0, 0.1) is 11.8 Å². The SMILES string of the molecule is Cl.Cl.[B]OC(=O)C(CCCC)C1CCN(Cc2ccc(OC(F)(F)F)cc2)CC1. The average molecular weight is 456 g/mol. The molecule has 4 nitrogen and oxygen atoms in total. The Balaban J connectivity index is 0.00000392. The van der Waals surface area contributed by atoms with Gasteiger partial charge in [0.1, 0.15) is 5.75 Å². The first-order valence-electron chi connectivity index (χ1n) is 9.30. The predicted molar refractivity (Wildman–Crippen MR) is 110 cm³/mol. The van der Waals surface area contributed by atoms with Gasteiger partial charge in [-0.3, -0.25) is 9.69 Å². The van der Waals surface area contributed by atoms with E-state index in [1.807, 2.05) is 0 Å². The van der Waals surface area contributed by atoms with Gasteiger partial charge in [-0.2, -0.15) is 0 Å². The van der Waals surface area contributed by atoms with Crippen molar-refractivity contribution in [3.05, 3.63) is 29.8 Å². The average Bonchev–Trinajstić information content (AvgIpc) is 2.63. The molecule has 1 saturated heterocycles. The highest BCUT2D eigenvalue weighted by atomic mass is 35.5. The molecule has 2 rings (SSSR count). The number of likely N-dealkylation sites (tertiary alicyclic amines) is 1. The second-order valence-corrected chi connectivity index (χ2v) is 6.99. The fourth-order valence-corrected chi connectivity index (χ4v) is 3.63. The number of benzene rings is 1. The Bertz CT molecular complexity index is 597. The molecule has 0 saturated carbocycles. The highest BCUT2D eigenvalue weighted by molar-refractivity contribution is 6.05. The Morgan fingerprint density at radius 3 is 2.28 bits per heavy atom. The lowest BCUT2D eigenvalue weighted by Crippen LogP contribution is -2.38. The van der Waals surface area contributed by atoms with E-state index in [9.17, 15) is 18.0 Å². The molecule has 1 aromatic rings. The third kappa shape index (κ3) is 9.49. The quantitative estimate of drug-likeness (QED) is 0.512. The summed E-state index contributed by atoms with van der Waals surface area (Å²) in [6, 6.07) is 5.94. The van der Waals surface area contributed by atoms with E-state index in [4.69, 9.17) is 8.05 Å². The minimum absolute atomic E-state index is 0. The number of ether oxygens (including phenoxy) is 1. The summed E-state index contributed by atoms with van der Waals surface area (Å²) in [4.78, 5) is 14.2. The standard InChI is InChI=1S/C19H25BF3NO3.2ClH/c1-2-3-4-17(18(25)27-20)15-9-11-24(12-10-15)13-14-5-7-16(8-6-14)26-19(21,22)23;;/h5-8,15,17H,2-4,9-13H2,1H3;2*1H. The van der Waals surface area contributed by atoms with E-state index in [-0.39, 0.29) is 48.4 Å². The van der Waals surface area contributed by atoms with Gasteiger partial charge in [0.25, 0.3) is 5.97 Å². The van der Waals surface area contributed by atoms with Gasteiger partial charge in [0.2, 0.25) is 0 Å². The van der Waals surface area contributed by atoms with Crippen molar-refractivity contribution < 1.29 is 27.4 Å². The lowest BCUT2D eigenvalue weighted by Gasteiger charge is -2.35. The highest BCUT2D eigenvalue weighted by Gasteiger charge is 2.32.